The highest BCUT2D eigenvalue weighted by Gasteiger charge is 2.39. The fraction of sp³-hybridized carbons (Fsp3) is 0.375. The molecule has 3 N–H and O–H groups in total. The molecule has 0 radical (unpaired) electrons. The number of benzene rings is 3. The van der Waals surface area contributed by atoms with Crippen LogP contribution in [-0.2, 0) is 28.9 Å². The molecule has 0 bridgehead atoms. The van der Waals surface area contributed by atoms with Crippen molar-refractivity contribution in [2.45, 2.75) is 63.9 Å². The van der Waals surface area contributed by atoms with Crippen molar-refractivity contribution in [3.8, 4) is 0 Å². The number of aliphatic hydroxyl groups is 1. The van der Waals surface area contributed by atoms with E-state index in [9.17, 15) is 19.1 Å². The summed E-state index contributed by atoms with van der Waals surface area (Å²) in [5.74, 6) is -0.669. The van der Waals surface area contributed by atoms with Gasteiger partial charge in [-0.1, -0.05) is 66.7 Å². The zero-order valence-electron chi connectivity index (χ0n) is 23.3. The number of aliphatic hydroxyl groups excluding tert-OH is 1. The van der Waals surface area contributed by atoms with Crippen molar-refractivity contribution >= 4 is 12.0 Å². The summed E-state index contributed by atoms with van der Waals surface area (Å²) in [6.07, 6.45) is -1.37. The van der Waals surface area contributed by atoms with E-state index in [0.29, 0.717) is 31.6 Å². The molecule has 1 heterocycles. The van der Waals surface area contributed by atoms with Crippen molar-refractivity contribution in [3.05, 3.63) is 107 Å². The number of halogens is 1. The zero-order chi connectivity index (χ0) is 28.7. The van der Waals surface area contributed by atoms with Crippen molar-refractivity contribution in [1.82, 2.24) is 15.5 Å². The molecule has 2 amide bonds. The lowest BCUT2D eigenvalue weighted by atomic mass is 9.93. The van der Waals surface area contributed by atoms with Crippen molar-refractivity contribution in [2.75, 3.05) is 13.1 Å². The van der Waals surface area contributed by atoms with E-state index >= 15 is 0 Å². The van der Waals surface area contributed by atoms with Crippen LogP contribution >= 0.6 is 0 Å². The maximum Gasteiger partial charge on any atom is 0.407 e. The predicted octanol–water partition coefficient (Wildman–Crippen LogP) is 4.21. The number of nitrogens with one attached hydrogen (secondary N) is 2. The largest absolute Gasteiger partial charge is 0.444 e. The molecule has 4 rings (SSSR count). The van der Waals surface area contributed by atoms with Gasteiger partial charge < -0.3 is 25.4 Å². The first-order valence-electron chi connectivity index (χ1n) is 13.6. The number of amides is 2. The minimum atomic E-state index is -1.29. The molecule has 8 heteroatoms. The molecule has 212 valence electrons. The average molecular weight is 548 g/mol. The van der Waals surface area contributed by atoms with Gasteiger partial charge in [-0.2, -0.15) is 0 Å². The smallest absolute Gasteiger partial charge is 0.407 e. The molecule has 0 aliphatic carbocycles. The van der Waals surface area contributed by atoms with Crippen LogP contribution in [-0.4, -0.2) is 58.9 Å². The highest BCUT2D eigenvalue weighted by molar-refractivity contribution is 5.83. The lowest BCUT2D eigenvalue weighted by Gasteiger charge is -2.38. The second-order valence-electron chi connectivity index (χ2n) is 11.3. The standard InChI is InChI=1S/C32H38FN3O4/c1-32(2,3)40-31(39)35-27(20-25-17-24(18-26(33)19-25)16-22-10-6-4-7-11-22)29(37)28-30(38)36(15-14-34-28)21-23-12-8-5-9-13-23/h4-13,17-19,27-29,34,37H,14-16,20-21H2,1-3H3,(H,35,39)/t27-,28?,29?/m0/s1. The Bertz CT molecular complexity index is 1280. The van der Waals surface area contributed by atoms with Crippen LogP contribution in [0.15, 0.2) is 78.9 Å². The lowest BCUT2D eigenvalue weighted by Crippen LogP contribution is -2.64. The molecule has 7 nitrogen and oxygen atoms in total. The number of nitrogens with zero attached hydrogens (tertiary/aromatic N) is 1. The Balaban J connectivity index is 1.55. The van der Waals surface area contributed by atoms with E-state index < -0.39 is 35.7 Å². The second-order valence-corrected chi connectivity index (χ2v) is 11.3. The summed E-state index contributed by atoms with van der Waals surface area (Å²) in [6.45, 7) is 6.63. The van der Waals surface area contributed by atoms with E-state index in [1.807, 2.05) is 66.7 Å². The summed E-state index contributed by atoms with van der Waals surface area (Å²) in [5.41, 5.74) is 2.63. The highest BCUT2D eigenvalue weighted by atomic mass is 19.1. The van der Waals surface area contributed by atoms with Crippen LogP contribution in [0.5, 0.6) is 0 Å². The van der Waals surface area contributed by atoms with Crippen molar-refractivity contribution in [2.24, 2.45) is 0 Å². The number of alkyl carbamates (subject to hydrolysis) is 1. The Morgan fingerprint density at radius 2 is 1.65 bits per heavy atom. The molecule has 2 unspecified atom stereocenters. The Morgan fingerprint density at radius 1 is 1.02 bits per heavy atom. The quantitative estimate of drug-likeness (QED) is 0.373. The normalized spacial score (nSPS) is 17.3. The third-order valence-corrected chi connectivity index (χ3v) is 6.72. The van der Waals surface area contributed by atoms with Gasteiger partial charge in [0.05, 0.1) is 12.1 Å². The van der Waals surface area contributed by atoms with Crippen LogP contribution < -0.4 is 10.6 Å². The van der Waals surface area contributed by atoms with Crippen LogP contribution in [0.1, 0.15) is 43.0 Å². The third kappa shape index (κ3) is 8.37. The van der Waals surface area contributed by atoms with Gasteiger partial charge in [0.15, 0.2) is 0 Å². The molecular formula is C32H38FN3O4. The van der Waals surface area contributed by atoms with Crippen molar-refractivity contribution in [3.63, 3.8) is 0 Å². The molecular weight excluding hydrogens is 509 g/mol. The Kier molecular flexibility index (Phi) is 9.55. The summed E-state index contributed by atoms with van der Waals surface area (Å²) in [4.78, 5) is 27.9. The van der Waals surface area contributed by atoms with Crippen LogP contribution in [0.3, 0.4) is 0 Å². The number of hydrogen-bond donors (Lipinski definition) is 3. The second kappa shape index (κ2) is 13.1. The van der Waals surface area contributed by atoms with Crippen molar-refractivity contribution in [1.29, 1.82) is 0 Å². The van der Waals surface area contributed by atoms with E-state index in [4.69, 9.17) is 4.74 Å². The first-order chi connectivity index (χ1) is 19.1. The summed E-state index contributed by atoms with van der Waals surface area (Å²) in [5, 5.41) is 17.4. The molecule has 40 heavy (non-hydrogen) atoms. The molecule has 3 aromatic carbocycles. The summed E-state index contributed by atoms with van der Waals surface area (Å²) < 4.78 is 20.1. The number of rotatable bonds is 9. The van der Waals surface area contributed by atoms with Gasteiger partial charge in [0.1, 0.15) is 17.5 Å². The molecule has 0 aromatic heterocycles. The molecule has 0 saturated carbocycles. The highest BCUT2D eigenvalue weighted by Crippen LogP contribution is 2.19. The van der Waals surface area contributed by atoms with Gasteiger partial charge in [-0.25, -0.2) is 9.18 Å². The van der Waals surface area contributed by atoms with Gasteiger partial charge in [0.2, 0.25) is 5.91 Å². The Morgan fingerprint density at radius 3 is 2.30 bits per heavy atom. The third-order valence-electron chi connectivity index (χ3n) is 6.72. The number of hydrogen-bond acceptors (Lipinski definition) is 5. The number of carbonyl (C=O) groups excluding carboxylic acids is 2. The number of piperazine rings is 1. The van der Waals surface area contributed by atoms with Gasteiger partial charge in [-0.05, 0) is 68.0 Å². The molecule has 1 aliphatic heterocycles. The molecule has 3 atom stereocenters. The minimum absolute atomic E-state index is 0.101. The van der Waals surface area contributed by atoms with Crippen LogP contribution in [0, 0.1) is 5.82 Å². The topological polar surface area (TPSA) is 90.9 Å². The van der Waals surface area contributed by atoms with Crippen LogP contribution in [0.25, 0.3) is 0 Å². The summed E-state index contributed by atoms with van der Waals surface area (Å²) in [6, 6.07) is 22.3. The first-order valence-corrected chi connectivity index (χ1v) is 13.6. The van der Waals surface area contributed by atoms with Crippen LogP contribution in [0.2, 0.25) is 0 Å². The number of carbonyl (C=O) groups is 2. The Labute approximate surface area is 235 Å². The lowest BCUT2D eigenvalue weighted by molar-refractivity contribution is -0.140. The van der Waals surface area contributed by atoms with E-state index in [1.54, 1.807) is 25.7 Å². The fourth-order valence-corrected chi connectivity index (χ4v) is 4.95. The minimum Gasteiger partial charge on any atom is -0.444 e. The molecule has 0 spiro atoms. The molecule has 3 aromatic rings. The van der Waals surface area contributed by atoms with E-state index in [1.165, 1.54) is 12.1 Å². The van der Waals surface area contributed by atoms with Gasteiger partial charge in [0.25, 0.3) is 0 Å². The fourth-order valence-electron chi connectivity index (χ4n) is 4.95. The molecule has 1 saturated heterocycles. The monoisotopic (exact) mass is 547 g/mol. The van der Waals surface area contributed by atoms with E-state index in [0.717, 1.165) is 16.7 Å². The van der Waals surface area contributed by atoms with Gasteiger partial charge in [-0.3, -0.25) is 4.79 Å². The zero-order valence-corrected chi connectivity index (χ0v) is 23.3. The van der Waals surface area contributed by atoms with Gasteiger partial charge >= 0.3 is 6.09 Å². The van der Waals surface area contributed by atoms with E-state index in [-0.39, 0.29) is 12.3 Å². The maximum atomic E-state index is 14.7. The molecule has 1 fully saturated rings. The van der Waals surface area contributed by atoms with Crippen LogP contribution in [0.4, 0.5) is 9.18 Å². The van der Waals surface area contributed by atoms with Crippen molar-refractivity contribution < 1.29 is 23.8 Å². The predicted molar refractivity (Wildman–Crippen MR) is 152 cm³/mol. The van der Waals surface area contributed by atoms with E-state index in [2.05, 4.69) is 10.6 Å². The number of ether oxygens (including phenoxy) is 1. The van der Waals surface area contributed by atoms with Gasteiger partial charge in [0, 0.05) is 19.6 Å². The Hall–Kier alpha value is -3.75. The van der Waals surface area contributed by atoms with Gasteiger partial charge in [-0.15, -0.1) is 0 Å². The first kappa shape index (κ1) is 29.2. The summed E-state index contributed by atoms with van der Waals surface area (Å²) >= 11 is 0. The summed E-state index contributed by atoms with van der Waals surface area (Å²) in [7, 11) is 0. The average Bonchev–Trinajstić information content (AvgIpc) is 2.89. The maximum absolute atomic E-state index is 14.7. The molecule has 1 aliphatic rings. The SMILES string of the molecule is CC(C)(C)OC(=O)N[C@@H](Cc1cc(F)cc(Cc2ccccc2)c1)C(O)C1NCCN(Cc2ccccc2)C1=O.